The van der Waals surface area contributed by atoms with Gasteiger partial charge in [0.2, 0.25) is 17.7 Å². The Morgan fingerprint density at radius 2 is 1.39 bits per heavy atom. The number of carbonyl (C=O) groups is 4. The second kappa shape index (κ2) is 15.9. The quantitative estimate of drug-likeness (QED) is 0.156. The minimum Gasteiger partial charge on any atom is -0.508 e. The Labute approximate surface area is 231 Å². The predicted molar refractivity (Wildman–Crippen MR) is 150 cm³/mol. The number of phenols is 1. The highest BCUT2D eigenvalue weighted by Gasteiger charge is 2.30. The van der Waals surface area contributed by atoms with Gasteiger partial charge in [-0.25, -0.2) is 4.79 Å². The van der Waals surface area contributed by atoms with Gasteiger partial charge in [0, 0.05) is 12.2 Å². The summed E-state index contributed by atoms with van der Waals surface area (Å²) in [7, 11) is 0. The zero-order valence-electron chi connectivity index (χ0n) is 21.0. The largest absolute Gasteiger partial charge is 0.508 e. The third-order valence-electron chi connectivity index (χ3n) is 5.69. The summed E-state index contributed by atoms with van der Waals surface area (Å²) < 4.78 is 0. The second-order valence-corrected chi connectivity index (χ2v) is 10.0. The molecule has 7 N–H and O–H groups in total. The minimum absolute atomic E-state index is 0.0495. The number of rotatable bonds is 15. The molecular formula is C26H34N4O6S2. The van der Waals surface area contributed by atoms with Gasteiger partial charge in [-0.05, 0) is 48.1 Å². The number of carboxylic acids is 1. The molecule has 12 heteroatoms. The van der Waals surface area contributed by atoms with E-state index in [1.807, 2.05) is 12.3 Å². The van der Waals surface area contributed by atoms with Crippen LogP contribution in [0.3, 0.4) is 0 Å². The maximum atomic E-state index is 13.0. The number of aliphatic carboxylic acids is 1. The van der Waals surface area contributed by atoms with Crippen LogP contribution in [0.1, 0.15) is 17.5 Å². The van der Waals surface area contributed by atoms with Gasteiger partial charge in [0.15, 0.2) is 0 Å². The number of carbonyl (C=O) groups excluding carboxylic acids is 3. The van der Waals surface area contributed by atoms with E-state index in [-0.39, 0.29) is 30.8 Å². The average molecular weight is 563 g/mol. The summed E-state index contributed by atoms with van der Waals surface area (Å²) >= 11 is 5.63. The number of amides is 3. The number of benzene rings is 2. The fraction of sp³-hybridized carbons (Fsp3) is 0.385. The number of thioether (sulfide) groups is 1. The zero-order chi connectivity index (χ0) is 28.1. The maximum absolute atomic E-state index is 13.0. The van der Waals surface area contributed by atoms with Crippen molar-refractivity contribution < 1.29 is 29.4 Å². The third kappa shape index (κ3) is 10.3. The van der Waals surface area contributed by atoms with Crippen LogP contribution in [0.2, 0.25) is 0 Å². The molecule has 0 heterocycles. The summed E-state index contributed by atoms with van der Waals surface area (Å²) in [4.78, 5) is 50.4. The molecule has 0 saturated heterocycles. The van der Waals surface area contributed by atoms with Crippen molar-refractivity contribution in [2.75, 3.05) is 17.8 Å². The molecule has 10 nitrogen and oxygen atoms in total. The van der Waals surface area contributed by atoms with Gasteiger partial charge in [-0.15, -0.1) is 0 Å². The molecule has 0 aliphatic heterocycles. The Morgan fingerprint density at radius 1 is 0.842 bits per heavy atom. The van der Waals surface area contributed by atoms with E-state index in [0.29, 0.717) is 5.75 Å². The lowest BCUT2D eigenvalue weighted by molar-refractivity contribution is -0.142. The van der Waals surface area contributed by atoms with Crippen LogP contribution in [-0.2, 0) is 32.0 Å². The van der Waals surface area contributed by atoms with Crippen LogP contribution >= 0.6 is 24.4 Å². The molecule has 0 fully saturated rings. The van der Waals surface area contributed by atoms with Gasteiger partial charge in [0.05, 0.1) is 6.04 Å². The van der Waals surface area contributed by atoms with Crippen LogP contribution in [0.25, 0.3) is 0 Å². The lowest BCUT2D eigenvalue weighted by atomic mass is 10.0. The van der Waals surface area contributed by atoms with Crippen molar-refractivity contribution in [2.45, 2.75) is 43.4 Å². The molecule has 0 aromatic heterocycles. The summed E-state index contributed by atoms with van der Waals surface area (Å²) in [6.07, 6.45) is 2.37. The normalized spacial score (nSPS) is 14.0. The van der Waals surface area contributed by atoms with E-state index in [1.54, 1.807) is 36.4 Å². The van der Waals surface area contributed by atoms with Gasteiger partial charge in [0.1, 0.15) is 23.9 Å². The first-order valence-electron chi connectivity index (χ1n) is 12.0. The topological polar surface area (TPSA) is 171 Å². The van der Waals surface area contributed by atoms with Crippen molar-refractivity contribution >= 4 is 48.1 Å². The summed E-state index contributed by atoms with van der Waals surface area (Å²) in [6, 6.07) is 10.9. The summed E-state index contributed by atoms with van der Waals surface area (Å²) in [5, 5.41) is 26.7. The van der Waals surface area contributed by atoms with Crippen molar-refractivity contribution in [2.24, 2.45) is 5.73 Å². The predicted octanol–water partition coefficient (Wildman–Crippen LogP) is 0.727. The number of phenolic OH excluding ortho intramolecular Hbond substituents is 1. The number of nitrogens with two attached hydrogens (primary N) is 1. The fourth-order valence-corrected chi connectivity index (χ4v) is 4.28. The van der Waals surface area contributed by atoms with Crippen molar-refractivity contribution in [3.8, 4) is 5.75 Å². The lowest BCUT2D eigenvalue weighted by Crippen LogP contribution is -2.58. The first kappa shape index (κ1) is 31.0. The standard InChI is InChI=1S/C26H34N4O6S2/c1-38-12-11-20(24(33)29-21(26(35)36)14-16-5-3-2-4-6-16)28-25(34)22(15-37)30-23(32)19(27)13-17-7-9-18(31)10-8-17/h2-10,19-22,31,37H,11-15,27H2,1H3,(H,28,34)(H,29,33)(H,30,32)(H,35,36). The fourth-order valence-electron chi connectivity index (χ4n) is 3.55. The van der Waals surface area contributed by atoms with E-state index in [4.69, 9.17) is 5.73 Å². The highest BCUT2D eigenvalue weighted by molar-refractivity contribution is 7.98. The third-order valence-corrected chi connectivity index (χ3v) is 6.69. The Kier molecular flexibility index (Phi) is 13.0. The number of hydrogen-bond acceptors (Lipinski definition) is 8. The Hall–Kier alpha value is -3.22. The first-order valence-corrected chi connectivity index (χ1v) is 14.0. The van der Waals surface area contributed by atoms with Gasteiger partial charge in [-0.2, -0.15) is 24.4 Å². The highest BCUT2D eigenvalue weighted by atomic mass is 32.2. The Bertz CT molecular complexity index is 1070. The molecule has 206 valence electrons. The first-order chi connectivity index (χ1) is 18.1. The number of nitrogens with one attached hydrogen (secondary N) is 3. The number of aromatic hydroxyl groups is 1. The summed E-state index contributed by atoms with van der Waals surface area (Å²) in [5.41, 5.74) is 7.47. The summed E-state index contributed by atoms with van der Waals surface area (Å²) in [5.74, 6) is -2.47. The van der Waals surface area contributed by atoms with Crippen LogP contribution in [0.4, 0.5) is 0 Å². The molecule has 2 rings (SSSR count). The molecule has 0 aliphatic rings. The molecule has 3 amide bonds. The van der Waals surface area contributed by atoms with Crippen molar-refractivity contribution in [1.82, 2.24) is 16.0 Å². The SMILES string of the molecule is CSCCC(NC(=O)C(CS)NC(=O)C(N)Cc1ccc(O)cc1)C(=O)NC(Cc1ccccc1)C(=O)O. The van der Waals surface area contributed by atoms with Gasteiger partial charge in [-0.3, -0.25) is 14.4 Å². The Balaban J connectivity index is 2.02. The van der Waals surface area contributed by atoms with E-state index in [9.17, 15) is 29.4 Å². The van der Waals surface area contributed by atoms with Crippen molar-refractivity contribution in [3.63, 3.8) is 0 Å². The molecule has 4 unspecified atom stereocenters. The van der Waals surface area contributed by atoms with Crippen LogP contribution < -0.4 is 21.7 Å². The van der Waals surface area contributed by atoms with E-state index in [0.717, 1.165) is 11.1 Å². The van der Waals surface area contributed by atoms with Gasteiger partial charge in [-0.1, -0.05) is 42.5 Å². The average Bonchev–Trinajstić information content (AvgIpc) is 2.90. The number of carboxylic acid groups (broad SMARTS) is 1. The molecule has 38 heavy (non-hydrogen) atoms. The van der Waals surface area contributed by atoms with Crippen LogP contribution in [0, 0.1) is 0 Å². The molecule has 0 radical (unpaired) electrons. The minimum atomic E-state index is -1.19. The maximum Gasteiger partial charge on any atom is 0.326 e. The molecule has 0 aliphatic carbocycles. The van der Waals surface area contributed by atoms with Gasteiger partial charge < -0.3 is 31.9 Å². The van der Waals surface area contributed by atoms with Gasteiger partial charge >= 0.3 is 5.97 Å². The summed E-state index contributed by atoms with van der Waals surface area (Å²) in [6.45, 7) is 0. The second-order valence-electron chi connectivity index (χ2n) is 8.65. The van der Waals surface area contributed by atoms with E-state index in [2.05, 4.69) is 28.6 Å². The van der Waals surface area contributed by atoms with Crippen LogP contribution in [0.15, 0.2) is 54.6 Å². The van der Waals surface area contributed by atoms with Gasteiger partial charge in [0.25, 0.3) is 0 Å². The number of thiol groups is 1. The molecular weight excluding hydrogens is 528 g/mol. The molecule has 2 aromatic carbocycles. The van der Waals surface area contributed by atoms with E-state index >= 15 is 0 Å². The highest BCUT2D eigenvalue weighted by Crippen LogP contribution is 2.11. The Morgan fingerprint density at radius 3 is 1.97 bits per heavy atom. The van der Waals surface area contributed by atoms with Crippen molar-refractivity contribution in [1.29, 1.82) is 0 Å². The van der Waals surface area contributed by atoms with E-state index in [1.165, 1.54) is 23.9 Å². The zero-order valence-corrected chi connectivity index (χ0v) is 22.7. The van der Waals surface area contributed by atoms with Crippen LogP contribution in [-0.4, -0.2) is 75.8 Å². The lowest BCUT2D eigenvalue weighted by Gasteiger charge is -2.24. The smallest absolute Gasteiger partial charge is 0.326 e. The monoisotopic (exact) mass is 562 g/mol. The van der Waals surface area contributed by atoms with Crippen molar-refractivity contribution in [3.05, 3.63) is 65.7 Å². The molecule has 0 saturated carbocycles. The van der Waals surface area contributed by atoms with Crippen LogP contribution in [0.5, 0.6) is 5.75 Å². The molecule has 0 spiro atoms. The number of hydrogen-bond donors (Lipinski definition) is 7. The molecule has 2 aromatic rings. The van der Waals surface area contributed by atoms with E-state index < -0.39 is 47.9 Å². The molecule has 4 atom stereocenters. The molecule has 0 bridgehead atoms.